The molecule has 0 aliphatic carbocycles. The minimum atomic E-state index is -0.523. The molecule has 2 rings (SSSR count). The Kier molecular flexibility index (Phi) is 4.13. The summed E-state index contributed by atoms with van der Waals surface area (Å²) in [7, 11) is 1.73. The third kappa shape index (κ3) is 3.19. The number of hydrogen-bond donors (Lipinski definition) is 3. The van der Waals surface area contributed by atoms with Crippen LogP contribution in [-0.2, 0) is 7.05 Å². The number of primary amides is 1. The van der Waals surface area contributed by atoms with Gasteiger partial charge >= 0.3 is 0 Å². The van der Waals surface area contributed by atoms with Crippen molar-refractivity contribution in [3.8, 4) is 0 Å². The maximum atomic E-state index is 12.2. The number of hydrogen-bond acceptors (Lipinski definition) is 3. The van der Waals surface area contributed by atoms with Gasteiger partial charge in [0.15, 0.2) is 0 Å². The number of nitrogens with two attached hydrogens (primary N) is 1. The summed E-state index contributed by atoms with van der Waals surface area (Å²) in [6, 6.07) is 1.53. The van der Waals surface area contributed by atoms with Gasteiger partial charge in [-0.05, 0) is 37.4 Å². The van der Waals surface area contributed by atoms with E-state index >= 15 is 0 Å². The molecule has 6 heteroatoms. The number of carbonyl (C=O) groups is 2. The van der Waals surface area contributed by atoms with Crippen LogP contribution in [0.2, 0.25) is 0 Å². The van der Waals surface area contributed by atoms with Crippen molar-refractivity contribution in [1.82, 2.24) is 15.2 Å². The SMILES string of the molecule is Cn1cc(C(N)=O)cc1C(=O)NCC1(C)CCNCC1. The van der Waals surface area contributed by atoms with Gasteiger partial charge in [0.1, 0.15) is 5.69 Å². The quantitative estimate of drug-likeness (QED) is 0.737. The summed E-state index contributed by atoms with van der Waals surface area (Å²) in [5.74, 6) is -0.690. The van der Waals surface area contributed by atoms with E-state index in [4.69, 9.17) is 5.73 Å². The molecule has 6 nitrogen and oxygen atoms in total. The van der Waals surface area contributed by atoms with Crippen LogP contribution < -0.4 is 16.4 Å². The van der Waals surface area contributed by atoms with Gasteiger partial charge in [0.05, 0.1) is 5.56 Å². The highest BCUT2D eigenvalue weighted by Gasteiger charge is 2.27. The highest BCUT2D eigenvalue weighted by atomic mass is 16.2. The number of nitrogens with zero attached hydrogens (tertiary/aromatic N) is 1. The number of nitrogens with one attached hydrogen (secondary N) is 2. The Morgan fingerprint density at radius 1 is 1.45 bits per heavy atom. The zero-order valence-electron chi connectivity index (χ0n) is 12.0. The van der Waals surface area contributed by atoms with Crippen molar-refractivity contribution < 1.29 is 9.59 Å². The number of amides is 2. The van der Waals surface area contributed by atoms with Crippen molar-refractivity contribution in [2.24, 2.45) is 18.2 Å². The molecule has 0 radical (unpaired) electrons. The molecule has 0 saturated carbocycles. The molecule has 1 aromatic heterocycles. The third-order valence-electron chi connectivity index (χ3n) is 4.01. The molecule has 1 fully saturated rings. The number of piperidine rings is 1. The zero-order valence-corrected chi connectivity index (χ0v) is 12.0. The van der Waals surface area contributed by atoms with Crippen molar-refractivity contribution in [3.05, 3.63) is 23.5 Å². The van der Waals surface area contributed by atoms with Gasteiger partial charge in [-0.25, -0.2) is 0 Å². The van der Waals surface area contributed by atoms with E-state index in [1.807, 2.05) is 0 Å². The van der Waals surface area contributed by atoms with Gasteiger partial charge < -0.3 is 20.9 Å². The molecule has 0 atom stereocenters. The van der Waals surface area contributed by atoms with Crippen LogP contribution in [0, 0.1) is 5.41 Å². The average Bonchev–Trinajstić information content (AvgIpc) is 2.79. The third-order valence-corrected chi connectivity index (χ3v) is 4.01. The van der Waals surface area contributed by atoms with Crippen molar-refractivity contribution in [2.45, 2.75) is 19.8 Å². The van der Waals surface area contributed by atoms with Crippen LogP contribution in [0.4, 0.5) is 0 Å². The van der Waals surface area contributed by atoms with Crippen molar-refractivity contribution >= 4 is 11.8 Å². The smallest absolute Gasteiger partial charge is 0.267 e. The van der Waals surface area contributed by atoms with E-state index in [9.17, 15) is 9.59 Å². The summed E-state index contributed by atoms with van der Waals surface area (Å²) in [5, 5.41) is 6.28. The Morgan fingerprint density at radius 2 is 2.10 bits per heavy atom. The van der Waals surface area contributed by atoms with E-state index in [0.717, 1.165) is 25.9 Å². The molecule has 0 aromatic carbocycles. The van der Waals surface area contributed by atoms with Crippen LogP contribution >= 0.6 is 0 Å². The minimum absolute atomic E-state index is 0.137. The lowest BCUT2D eigenvalue weighted by Crippen LogP contribution is -2.43. The van der Waals surface area contributed by atoms with Crippen LogP contribution in [0.3, 0.4) is 0 Å². The lowest BCUT2D eigenvalue weighted by molar-refractivity contribution is 0.0914. The molecule has 0 unspecified atom stereocenters. The summed E-state index contributed by atoms with van der Waals surface area (Å²) in [6.45, 7) is 4.81. The summed E-state index contributed by atoms with van der Waals surface area (Å²) < 4.78 is 1.63. The van der Waals surface area contributed by atoms with Crippen LogP contribution in [-0.4, -0.2) is 36.0 Å². The number of rotatable bonds is 4. The maximum Gasteiger partial charge on any atom is 0.267 e. The highest BCUT2D eigenvalue weighted by Crippen LogP contribution is 2.26. The molecule has 1 aromatic rings. The van der Waals surface area contributed by atoms with Gasteiger partial charge in [-0.15, -0.1) is 0 Å². The standard InChI is InChI=1S/C14H22N4O2/c1-14(3-5-16-6-4-14)9-17-13(20)11-7-10(12(15)19)8-18(11)2/h7-8,16H,3-6,9H2,1-2H3,(H2,15,19)(H,17,20). The lowest BCUT2D eigenvalue weighted by Gasteiger charge is -2.34. The molecular formula is C14H22N4O2. The van der Waals surface area contributed by atoms with E-state index in [0.29, 0.717) is 17.8 Å². The van der Waals surface area contributed by atoms with E-state index in [2.05, 4.69) is 17.6 Å². The fraction of sp³-hybridized carbons (Fsp3) is 0.571. The summed E-state index contributed by atoms with van der Waals surface area (Å²) in [4.78, 5) is 23.3. The Balaban J connectivity index is 1.99. The first-order valence-corrected chi connectivity index (χ1v) is 6.86. The molecular weight excluding hydrogens is 256 g/mol. The summed E-state index contributed by atoms with van der Waals surface area (Å²) >= 11 is 0. The van der Waals surface area contributed by atoms with Gasteiger partial charge in [0.2, 0.25) is 5.91 Å². The maximum absolute atomic E-state index is 12.2. The Bertz CT molecular complexity index is 515. The fourth-order valence-electron chi connectivity index (χ4n) is 2.52. The Hall–Kier alpha value is -1.82. The second-order valence-electron chi connectivity index (χ2n) is 5.83. The van der Waals surface area contributed by atoms with Crippen molar-refractivity contribution in [2.75, 3.05) is 19.6 Å². The minimum Gasteiger partial charge on any atom is -0.366 e. The molecule has 0 spiro atoms. The second-order valence-corrected chi connectivity index (χ2v) is 5.83. The molecule has 2 amide bonds. The molecule has 1 saturated heterocycles. The average molecular weight is 278 g/mol. The van der Waals surface area contributed by atoms with Gasteiger partial charge in [0, 0.05) is 19.8 Å². The topological polar surface area (TPSA) is 89.2 Å². The normalized spacial score (nSPS) is 17.7. The molecule has 4 N–H and O–H groups in total. The van der Waals surface area contributed by atoms with Gasteiger partial charge in [-0.3, -0.25) is 9.59 Å². The number of aryl methyl sites for hydroxylation is 1. The summed E-state index contributed by atoms with van der Waals surface area (Å²) in [6.07, 6.45) is 3.67. The Morgan fingerprint density at radius 3 is 2.65 bits per heavy atom. The van der Waals surface area contributed by atoms with Gasteiger partial charge in [0.25, 0.3) is 5.91 Å². The van der Waals surface area contributed by atoms with Gasteiger partial charge in [-0.2, -0.15) is 0 Å². The molecule has 1 aliphatic heterocycles. The van der Waals surface area contributed by atoms with E-state index in [-0.39, 0.29) is 11.3 Å². The fourth-order valence-corrected chi connectivity index (χ4v) is 2.52. The van der Waals surface area contributed by atoms with Crippen LogP contribution in [0.1, 0.15) is 40.6 Å². The number of carbonyl (C=O) groups excluding carboxylic acids is 2. The number of aromatic nitrogens is 1. The largest absolute Gasteiger partial charge is 0.366 e. The molecule has 2 heterocycles. The lowest BCUT2D eigenvalue weighted by atomic mass is 9.81. The van der Waals surface area contributed by atoms with Crippen LogP contribution in [0.25, 0.3) is 0 Å². The first kappa shape index (κ1) is 14.6. The highest BCUT2D eigenvalue weighted by molar-refractivity contribution is 5.98. The molecule has 1 aliphatic rings. The molecule has 0 bridgehead atoms. The predicted molar refractivity (Wildman–Crippen MR) is 76.5 cm³/mol. The molecule has 20 heavy (non-hydrogen) atoms. The monoisotopic (exact) mass is 278 g/mol. The summed E-state index contributed by atoms with van der Waals surface area (Å²) in [5.41, 5.74) is 6.16. The van der Waals surface area contributed by atoms with E-state index in [1.54, 1.807) is 17.8 Å². The van der Waals surface area contributed by atoms with Gasteiger partial charge in [-0.1, -0.05) is 6.92 Å². The van der Waals surface area contributed by atoms with Crippen molar-refractivity contribution in [3.63, 3.8) is 0 Å². The van der Waals surface area contributed by atoms with Crippen molar-refractivity contribution in [1.29, 1.82) is 0 Å². The molecule has 110 valence electrons. The van der Waals surface area contributed by atoms with E-state index < -0.39 is 5.91 Å². The second kappa shape index (κ2) is 5.66. The zero-order chi connectivity index (χ0) is 14.8. The Labute approximate surface area is 118 Å². The van der Waals surface area contributed by atoms with E-state index in [1.165, 1.54) is 6.07 Å². The first-order chi connectivity index (χ1) is 9.41. The van der Waals surface area contributed by atoms with Crippen LogP contribution in [0.5, 0.6) is 0 Å². The van der Waals surface area contributed by atoms with Crippen LogP contribution in [0.15, 0.2) is 12.3 Å². The first-order valence-electron chi connectivity index (χ1n) is 6.86. The predicted octanol–water partition coefficient (Wildman–Crippen LogP) is 0.244.